The third kappa shape index (κ3) is 31.0. The molecule has 13 nitrogen and oxygen atoms in total. The number of carbonyl (C=O) groups excluding carboxylic acids is 2. The highest BCUT2D eigenvalue weighted by molar-refractivity contribution is 7.47. The van der Waals surface area contributed by atoms with E-state index in [9.17, 15) is 44.6 Å². The molecule has 0 amide bonds. The van der Waals surface area contributed by atoms with Crippen LogP contribution in [0.25, 0.3) is 0 Å². The van der Waals surface area contributed by atoms with Crippen LogP contribution in [0, 0.1) is 0 Å². The van der Waals surface area contributed by atoms with Crippen LogP contribution in [0.2, 0.25) is 0 Å². The number of rotatable bonds is 38. The summed E-state index contributed by atoms with van der Waals surface area (Å²) in [7, 11) is -5.14. The SMILES string of the molecule is CCCCC/C=C\C/C=C\C/C=C\CCCCCCC(=O)OC[C@H](COP(=O)(O)OC1C(O)C(O)C(O)[C@@H](O)C1O)OC(=O)CCC/C=C\C/C=C\C/C=C\CCCCCCCC. The molecule has 63 heavy (non-hydrogen) atoms. The summed E-state index contributed by atoms with van der Waals surface area (Å²) in [5.74, 6) is -1.19. The molecule has 0 aromatic rings. The first-order chi connectivity index (χ1) is 30.4. The minimum absolute atomic E-state index is 0.0165. The van der Waals surface area contributed by atoms with Crippen LogP contribution in [0.15, 0.2) is 72.9 Å². The molecule has 0 aliphatic heterocycles. The van der Waals surface area contributed by atoms with Crippen molar-refractivity contribution < 1.29 is 63.1 Å². The Morgan fingerprint density at radius 2 is 0.873 bits per heavy atom. The van der Waals surface area contributed by atoms with E-state index in [1.165, 1.54) is 57.8 Å². The van der Waals surface area contributed by atoms with Gasteiger partial charge in [-0.05, 0) is 83.5 Å². The van der Waals surface area contributed by atoms with Crippen LogP contribution in [0.1, 0.15) is 168 Å². The molecule has 0 spiro atoms. The lowest BCUT2D eigenvalue weighted by atomic mass is 9.85. The Hall–Kier alpha value is -2.71. The third-order valence-corrected chi connectivity index (χ3v) is 11.5. The third-order valence-electron chi connectivity index (χ3n) is 10.5. The molecule has 0 bridgehead atoms. The predicted octanol–water partition coefficient (Wildman–Crippen LogP) is 9.50. The summed E-state index contributed by atoms with van der Waals surface area (Å²) in [5.41, 5.74) is 0. The monoisotopic (exact) mass is 911 g/mol. The minimum atomic E-state index is -5.14. The molecule has 0 aromatic heterocycles. The normalized spacial score (nSPS) is 22.3. The van der Waals surface area contributed by atoms with Gasteiger partial charge in [0.25, 0.3) is 0 Å². The molecule has 0 saturated heterocycles. The van der Waals surface area contributed by atoms with Crippen molar-refractivity contribution in [3.63, 3.8) is 0 Å². The predicted molar refractivity (Wildman–Crippen MR) is 249 cm³/mol. The number of esters is 2. The van der Waals surface area contributed by atoms with E-state index in [1.54, 1.807) is 0 Å². The maximum atomic E-state index is 12.8. The van der Waals surface area contributed by atoms with Crippen LogP contribution in [0.4, 0.5) is 0 Å². The molecular formula is C49H83O13P. The van der Waals surface area contributed by atoms with Crippen LogP contribution in [0.5, 0.6) is 0 Å². The second-order valence-electron chi connectivity index (χ2n) is 16.3. The highest BCUT2D eigenvalue weighted by Crippen LogP contribution is 2.47. The van der Waals surface area contributed by atoms with Crippen molar-refractivity contribution in [3.05, 3.63) is 72.9 Å². The van der Waals surface area contributed by atoms with Gasteiger partial charge >= 0.3 is 19.8 Å². The average Bonchev–Trinajstić information content (AvgIpc) is 3.26. The summed E-state index contributed by atoms with van der Waals surface area (Å²) >= 11 is 0. The molecule has 1 fully saturated rings. The van der Waals surface area contributed by atoms with Gasteiger partial charge in [0.15, 0.2) is 6.10 Å². The van der Waals surface area contributed by atoms with Gasteiger partial charge < -0.3 is 39.9 Å². The number of hydrogen-bond acceptors (Lipinski definition) is 12. The maximum Gasteiger partial charge on any atom is 0.472 e. The molecule has 362 valence electrons. The Balaban J connectivity index is 2.51. The second-order valence-corrected chi connectivity index (χ2v) is 17.7. The number of aliphatic hydroxyl groups excluding tert-OH is 5. The van der Waals surface area contributed by atoms with E-state index in [0.29, 0.717) is 19.3 Å². The number of unbranched alkanes of at least 4 members (excludes halogenated alkanes) is 14. The van der Waals surface area contributed by atoms with Gasteiger partial charge in [0.2, 0.25) is 0 Å². The molecule has 0 aromatic carbocycles. The highest BCUT2D eigenvalue weighted by Gasteiger charge is 2.51. The van der Waals surface area contributed by atoms with Gasteiger partial charge in [-0.25, -0.2) is 4.57 Å². The first kappa shape index (κ1) is 58.3. The molecule has 0 radical (unpaired) electrons. The van der Waals surface area contributed by atoms with Crippen LogP contribution in [-0.2, 0) is 32.7 Å². The second kappa shape index (κ2) is 38.5. The number of carbonyl (C=O) groups is 2. The molecule has 14 heteroatoms. The molecule has 0 heterocycles. The van der Waals surface area contributed by atoms with Gasteiger partial charge in [0.1, 0.15) is 43.2 Å². The first-order valence-corrected chi connectivity index (χ1v) is 25.2. The Kier molecular flexibility index (Phi) is 35.7. The van der Waals surface area contributed by atoms with Crippen LogP contribution >= 0.6 is 7.82 Å². The van der Waals surface area contributed by atoms with Crippen molar-refractivity contribution in [2.75, 3.05) is 13.2 Å². The van der Waals surface area contributed by atoms with Crippen molar-refractivity contribution in [2.24, 2.45) is 0 Å². The van der Waals surface area contributed by atoms with E-state index in [2.05, 4.69) is 74.6 Å². The molecule has 1 saturated carbocycles. The van der Waals surface area contributed by atoms with Crippen LogP contribution in [-0.4, -0.2) is 98.3 Å². The van der Waals surface area contributed by atoms with Crippen molar-refractivity contribution in [2.45, 2.75) is 211 Å². The standard InChI is InChI=1S/C49H83O13P/c1-3-5-7-9-11-13-15-17-19-21-23-25-27-29-31-33-35-37-42(50)59-39-41(40-60-63(57,58)62-49-47(55)45(53)44(52)46(54)48(49)56)61-43(51)38-36-34-32-30-28-26-24-22-20-18-16-14-12-10-8-6-4-2/h11,13,17-20,23-26,30,32,41,44-49,52-56H,3-10,12,14-16,21-22,27-29,31,33-40H2,1-2H3,(H,57,58)/b13-11-,19-17-,20-18-,25-23-,26-24-,32-30-/t41-,44?,45-,46?,47?,48?,49?/m1/s1. The van der Waals surface area contributed by atoms with Gasteiger partial charge in [-0.15, -0.1) is 0 Å². The van der Waals surface area contributed by atoms with Crippen LogP contribution < -0.4 is 0 Å². The fourth-order valence-corrected chi connectivity index (χ4v) is 7.63. The number of phosphoric ester groups is 1. The summed E-state index contributed by atoms with van der Waals surface area (Å²) in [4.78, 5) is 35.7. The van der Waals surface area contributed by atoms with Gasteiger partial charge in [0.05, 0.1) is 6.61 Å². The quantitative estimate of drug-likeness (QED) is 0.0148. The van der Waals surface area contributed by atoms with Crippen molar-refractivity contribution in [1.82, 2.24) is 0 Å². The zero-order valence-electron chi connectivity index (χ0n) is 38.3. The largest absolute Gasteiger partial charge is 0.472 e. The summed E-state index contributed by atoms with van der Waals surface area (Å²) in [5, 5.41) is 50.2. The molecule has 1 rings (SSSR count). The highest BCUT2D eigenvalue weighted by atomic mass is 31.2. The van der Waals surface area contributed by atoms with E-state index < -0.39 is 75.7 Å². The van der Waals surface area contributed by atoms with E-state index >= 15 is 0 Å². The smallest absolute Gasteiger partial charge is 0.462 e. The molecule has 1 aliphatic carbocycles. The topological polar surface area (TPSA) is 210 Å². The van der Waals surface area contributed by atoms with Gasteiger partial charge in [0, 0.05) is 12.8 Å². The Morgan fingerprint density at radius 3 is 1.38 bits per heavy atom. The number of hydrogen-bond donors (Lipinski definition) is 6. The van der Waals surface area contributed by atoms with E-state index in [4.69, 9.17) is 18.5 Å². The van der Waals surface area contributed by atoms with E-state index in [0.717, 1.165) is 64.2 Å². The number of allylic oxidation sites excluding steroid dienone is 12. The molecule has 8 atom stereocenters. The number of ether oxygens (including phenoxy) is 2. The molecule has 6 unspecified atom stereocenters. The average molecular weight is 911 g/mol. The summed E-state index contributed by atoms with van der Waals surface area (Å²) in [6, 6.07) is 0. The zero-order chi connectivity index (χ0) is 46.4. The van der Waals surface area contributed by atoms with Crippen molar-refractivity contribution in [3.8, 4) is 0 Å². The lowest BCUT2D eigenvalue weighted by Crippen LogP contribution is -2.64. The van der Waals surface area contributed by atoms with Crippen LogP contribution in [0.3, 0.4) is 0 Å². The zero-order valence-corrected chi connectivity index (χ0v) is 39.2. The minimum Gasteiger partial charge on any atom is -0.462 e. The van der Waals surface area contributed by atoms with Crippen molar-refractivity contribution >= 4 is 19.8 Å². The van der Waals surface area contributed by atoms with Gasteiger partial charge in [-0.2, -0.15) is 0 Å². The fourth-order valence-electron chi connectivity index (χ4n) is 6.66. The van der Waals surface area contributed by atoms with Crippen molar-refractivity contribution in [1.29, 1.82) is 0 Å². The number of aliphatic hydroxyl groups is 5. The van der Waals surface area contributed by atoms with Gasteiger partial charge in [-0.1, -0.05) is 145 Å². The maximum absolute atomic E-state index is 12.8. The number of phosphoric acid groups is 1. The lowest BCUT2D eigenvalue weighted by molar-refractivity contribution is -0.220. The van der Waals surface area contributed by atoms with E-state index in [-0.39, 0.29) is 12.8 Å². The van der Waals surface area contributed by atoms with Gasteiger partial charge in [-0.3, -0.25) is 18.6 Å². The Labute approximate surface area is 378 Å². The Morgan fingerprint density at radius 1 is 0.492 bits per heavy atom. The fraction of sp³-hybridized carbons (Fsp3) is 0.714. The molecule has 6 N–H and O–H groups in total. The lowest BCUT2D eigenvalue weighted by Gasteiger charge is -2.41. The summed E-state index contributed by atoms with van der Waals surface area (Å²) in [6.07, 6.45) is 35.3. The summed E-state index contributed by atoms with van der Waals surface area (Å²) in [6.45, 7) is 3.20. The molecule has 1 aliphatic rings. The Bertz CT molecular complexity index is 1380. The van der Waals surface area contributed by atoms with E-state index in [1.807, 2.05) is 12.2 Å². The first-order valence-electron chi connectivity index (χ1n) is 23.7. The summed E-state index contributed by atoms with van der Waals surface area (Å²) < 4.78 is 33.5. The molecular weight excluding hydrogens is 827 g/mol.